The van der Waals surface area contributed by atoms with Crippen LogP contribution in [-0.2, 0) is 0 Å². The van der Waals surface area contributed by atoms with Crippen molar-refractivity contribution in [3.05, 3.63) is 45.0 Å². The zero-order valence-corrected chi connectivity index (χ0v) is 15.7. The van der Waals surface area contributed by atoms with Crippen LogP contribution in [0.25, 0.3) is 0 Å². The Labute approximate surface area is 158 Å². The van der Waals surface area contributed by atoms with Crippen molar-refractivity contribution in [2.24, 2.45) is 5.10 Å². The van der Waals surface area contributed by atoms with Gasteiger partial charge in [0, 0.05) is 17.2 Å². The third kappa shape index (κ3) is 3.78. The van der Waals surface area contributed by atoms with Gasteiger partial charge >= 0.3 is 0 Å². The molecular formula is C17H15IN2O5. The molecule has 1 heterocycles. The predicted molar refractivity (Wildman–Crippen MR) is 99.9 cm³/mol. The number of halogens is 1. The van der Waals surface area contributed by atoms with Gasteiger partial charge in [-0.1, -0.05) is 0 Å². The number of nitrogens with zero attached hydrogens (tertiary/aromatic N) is 1. The van der Waals surface area contributed by atoms with E-state index < -0.39 is 0 Å². The van der Waals surface area contributed by atoms with Gasteiger partial charge in [0.15, 0.2) is 11.5 Å². The zero-order valence-electron chi connectivity index (χ0n) is 13.5. The van der Waals surface area contributed by atoms with Crippen molar-refractivity contribution in [2.75, 3.05) is 21.0 Å². The minimum Gasteiger partial charge on any atom is -0.496 e. The van der Waals surface area contributed by atoms with Crippen molar-refractivity contribution in [3.63, 3.8) is 0 Å². The quantitative estimate of drug-likeness (QED) is 0.427. The summed E-state index contributed by atoms with van der Waals surface area (Å²) in [5.74, 6) is 2.08. The lowest BCUT2D eigenvalue weighted by atomic mass is 10.2. The van der Waals surface area contributed by atoms with Crippen LogP contribution in [0.1, 0.15) is 15.9 Å². The molecule has 0 aliphatic carbocycles. The van der Waals surface area contributed by atoms with Gasteiger partial charge < -0.3 is 18.9 Å². The molecule has 8 heteroatoms. The van der Waals surface area contributed by atoms with E-state index in [2.05, 4.69) is 33.1 Å². The van der Waals surface area contributed by atoms with Gasteiger partial charge in [0.2, 0.25) is 6.79 Å². The Morgan fingerprint density at radius 2 is 1.88 bits per heavy atom. The van der Waals surface area contributed by atoms with Crippen molar-refractivity contribution in [1.29, 1.82) is 0 Å². The second-order valence-electron chi connectivity index (χ2n) is 5.00. The number of benzene rings is 2. The molecule has 0 spiro atoms. The molecule has 0 radical (unpaired) electrons. The second kappa shape index (κ2) is 7.60. The van der Waals surface area contributed by atoms with E-state index in [1.54, 1.807) is 44.6 Å². The molecule has 2 aromatic carbocycles. The zero-order chi connectivity index (χ0) is 17.8. The van der Waals surface area contributed by atoms with Crippen molar-refractivity contribution in [3.8, 4) is 23.0 Å². The number of methoxy groups -OCH3 is 2. The van der Waals surface area contributed by atoms with E-state index in [1.807, 2.05) is 0 Å². The van der Waals surface area contributed by atoms with Gasteiger partial charge in [-0.3, -0.25) is 4.79 Å². The molecule has 1 N–H and O–H groups in total. The Hall–Kier alpha value is -2.49. The van der Waals surface area contributed by atoms with Crippen molar-refractivity contribution in [2.45, 2.75) is 0 Å². The van der Waals surface area contributed by atoms with Crippen molar-refractivity contribution in [1.82, 2.24) is 5.43 Å². The number of fused-ring (bicyclic) bond motifs is 1. The fraction of sp³-hybridized carbons (Fsp3) is 0.176. The summed E-state index contributed by atoms with van der Waals surface area (Å²) >= 11 is 2.14. The summed E-state index contributed by atoms with van der Waals surface area (Å²) in [6, 6.07) is 8.63. The summed E-state index contributed by atoms with van der Waals surface area (Å²) in [5.41, 5.74) is 3.59. The smallest absolute Gasteiger partial charge is 0.271 e. The van der Waals surface area contributed by atoms with E-state index in [0.29, 0.717) is 34.1 Å². The first kappa shape index (κ1) is 17.3. The number of rotatable bonds is 5. The van der Waals surface area contributed by atoms with E-state index in [0.717, 1.165) is 3.57 Å². The van der Waals surface area contributed by atoms with Gasteiger partial charge in [0.25, 0.3) is 5.91 Å². The van der Waals surface area contributed by atoms with Gasteiger partial charge in [-0.05, 0) is 46.9 Å². The molecule has 2 aromatic rings. The number of hydrazone groups is 1. The number of carbonyl (C=O) groups excluding carboxylic acids is 1. The van der Waals surface area contributed by atoms with E-state index in [-0.39, 0.29) is 12.7 Å². The second-order valence-corrected chi connectivity index (χ2v) is 6.16. The Morgan fingerprint density at radius 3 is 2.60 bits per heavy atom. The lowest BCUT2D eigenvalue weighted by molar-refractivity contribution is 0.0954. The summed E-state index contributed by atoms with van der Waals surface area (Å²) in [5, 5.41) is 3.99. The topological polar surface area (TPSA) is 78.4 Å². The molecule has 3 rings (SSSR count). The number of amides is 1. The fourth-order valence-electron chi connectivity index (χ4n) is 2.24. The maximum absolute atomic E-state index is 12.2. The highest BCUT2D eigenvalue weighted by atomic mass is 127. The van der Waals surface area contributed by atoms with Crippen LogP contribution in [0, 0.1) is 3.57 Å². The number of hydrogen-bond donors (Lipinski definition) is 1. The van der Waals surface area contributed by atoms with Crippen molar-refractivity contribution >= 4 is 34.7 Å². The first-order valence-corrected chi connectivity index (χ1v) is 8.35. The summed E-state index contributed by atoms with van der Waals surface area (Å²) in [7, 11) is 3.11. The molecule has 0 fully saturated rings. The van der Waals surface area contributed by atoms with E-state index in [4.69, 9.17) is 18.9 Å². The van der Waals surface area contributed by atoms with Gasteiger partial charge in [-0.15, -0.1) is 0 Å². The van der Waals surface area contributed by atoms with E-state index in [1.165, 1.54) is 6.21 Å². The highest BCUT2D eigenvalue weighted by molar-refractivity contribution is 14.1. The molecule has 25 heavy (non-hydrogen) atoms. The monoisotopic (exact) mass is 454 g/mol. The molecule has 7 nitrogen and oxygen atoms in total. The summed E-state index contributed by atoms with van der Waals surface area (Å²) in [6.45, 7) is 0.171. The van der Waals surface area contributed by atoms with Crippen molar-refractivity contribution < 1.29 is 23.7 Å². The third-order valence-electron chi connectivity index (χ3n) is 3.51. The minimum atomic E-state index is -0.342. The Balaban J connectivity index is 1.74. The van der Waals surface area contributed by atoms with Crippen LogP contribution in [-0.4, -0.2) is 33.1 Å². The lowest BCUT2D eigenvalue weighted by Crippen LogP contribution is -2.17. The third-order valence-corrected chi connectivity index (χ3v) is 4.40. The molecular weight excluding hydrogens is 439 g/mol. The van der Waals surface area contributed by atoms with Gasteiger partial charge in [0.1, 0.15) is 11.5 Å². The van der Waals surface area contributed by atoms with Crippen LogP contribution < -0.4 is 24.4 Å². The highest BCUT2D eigenvalue weighted by Gasteiger charge is 2.17. The number of carbonyl (C=O) groups is 1. The normalized spacial score (nSPS) is 12.3. The Kier molecular flexibility index (Phi) is 5.27. The molecule has 0 saturated carbocycles. The largest absolute Gasteiger partial charge is 0.496 e. The Bertz CT molecular complexity index is 838. The molecule has 130 valence electrons. The van der Waals surface area contributed by atoms with Crippen LogP contribution in [0.15, 0.2) is 35.4 Å². The number of nitrogens with one attached hydrogen (secondary N) is 1. The maximum atomic E-state index is 12.2. The molecule has 0 bridgehead atoms. The van der Waals surface area contributed by atoms with Crippen LogP contribution in [0.3, 0.4) is 0 Å². The van der Waals surface area contributed by atoms with Gasteiger partial charge in [-0.25, -0.2) is 5.43 Å². The minimum absolute atomic E-state index is 0.171. The van der Waals surface area contributed by atoms with Crippen LogP contribution in [0.4, 0.5) is 0 Å². The summed E-state index contributed by atoms with van der Waals surface area (Å²) in [6.07, 6.45) is 1.49. The molecule has 1 amide bonds. The highest BCUT2D eigenvalue weighted by Crippen LogP contribution is 2.37. The summed E-state index contributed by atoms with van der Waals surface area (Å²) in [4.78, 5) is 12.2. The number of hydrogen-bond acceptors (Lipinski definition) is 6. The average molecular weight is 454 g/mol. The first-order chi connectivity index (χ1) is 12.1. The first-order valence-electron chi connectivity index (χ1n) is 7.27. The lowest BCUT2D eigenvalue weighted by Gasteiger charge is -2.07. The standard InChI is InChI=1S/C17H15IN2O5/c1-22-13-7-16-15(24-9-25-16)6-11(13)8-19-20-17(21)10-3-4-12(18)14(5-10)23-2/h3-8H,9H2,1-2H3,(H,20,21)/b19-8-. The van der Waals surface area contributed by atoms with Gasteiger partial charge in [-0.2, -0.15) is 5.10 Å². The van der Waals surface area contributed by atoms with Crippen LogP contribution >= 0.6 is 22.6 Å². The Morgan fingerprint density at radius 1 is 1.16 bits per heavy atom. The molecule has 0 aromatic heterocycles. The average Bonchev–Trinajstić information content (AvgIpc) is 3.08. The molecule has 1 aliphatic rings. The van der Waals surface area contributed by atoms with E-state index in [9.17, 15) is 4.79 Å². The number of ether oxygens (including phenoxy) is 4. The van der Waals surface area contributed by atoms with Crippen LogP contribution in [0.2, 0.25) is 0 Å². The molecule has 0 unspecified atom stereocenters. The molecule has 1 aliphatic heterocycles. The fourth-order valence-corrected chi connectivity index (χ4v) is 2.80. The predicted octanol–water partition coefficient (Wildman–Crippen LogP) is 2.80. The molecule has 0 atom stereocenters. The maximum Gasteiger partial charge on any atom is 0.271 e. The van der Waals surface area contributed by atoms with Crippen LogP contribution in [0.5, 0.6) is 23.0 Å². The summed E-state index contributed by atoms with van der Waals surface area (Å²) < 4.78 is 22.1. The molecule has 0 saturated heterocycles. The SMILES string of the molecule is COc1cc(C(=O)N/N=C\c2cc3c(cc2OC)OCO3)ccc1I. The van der Waals surface area contributed by atoms with E-state index >= 15 is 0 Å². The van der Waals surface area contributed by atoms with Gasteiger partial charge in [0.05, 0.1) is 24.0 Å².